The molecule has 0 aromatic heterocycles. The van der Waals surface area contributed by atoms with Crippen molar-refractivity contribution in [2.45, 2.75) is 11.8 Å². The number of nitriles is 1. The third-order valence-electron chi connectivity index (χ3n) is 4.27. The molecule has 0 heterocycles. The van der Waals surface area contributed by atoms with Crippen LogP contribution in [0.25, 0.3) is 6.08 Å². The molecular weight excluding hydrogens is 452 g/mol. The molecule has 0 aliphatic rings. The van der Waals surface area contributed by atoms with E-state index in [0.717, 1.165) is 5.56 Å². The highest BCUT2D eigenvalue weighted by molar-refractivity contribution is 7.87. The quantitative estimate of drug-likeness (QED) is 0.235. The Balaban J connectivity index is 1.93. The highest BCUT2D eigenvalue weighted by Gasteiger charge is 2.19. The first-order valence-electron chi connectivity index (χ1n) is 9.21. The normalized spacial score (nSPS) is 11.5. The topological polar surface area (TPSA) is 116 Å². The van der Waals surface area contributed by atoms with E-state index >= 15 is 0 Å². The lowest BCUT2D eigenvalue weighted by atomic mass is 10.1. The maximum atomic E-state index is 12.7. The number of anilines is 1. The third kappa shape index (κ3) is 5.66. The Morgan fingerprint density at radius 2 is 1.75 bits per heavy atom. The van der Waals surface area contributed by atoms with Gasteiger partial charge in [0.15, 0.2) is 0 Å². The molecule has 0 fully saturated rings. The van der Waals surface area contributed by atoms with E-state index < -0.39 is 16.0 Å². The largest absolute Gasteiger partial charge is 0.508 e. The Morgan fingerprint density at radius 3 is 2.38 bits per heavy atom. The van der Waals surface area contributed by atoms with Gasteiger partial charge in [-0.1, -0.05) is 29.3 Å². The summed E-state index contributed by atoms with van der Waals surface area (Å²) in [6, 6.07) is 17.7. The highest BCUT2D eigenvalue weighted by atomic mass is 35.5. The van der Waals surface area contributed by atoms with Crippen LogP contribution in [0.5, 0.6) is 11.5 Å². The maximum absolute atomic E-state index is 12.7. The molecule has 162 valence electrons. The van der Waals surface area contributed by atoms with Crippen LogP contribution < -0.4 is 9.50 Å². The maximum Gasteiger partial charge on any atom is 0.339 e. The fraction of sp³-hybridized carbons (Fsp3) is 0.0435. The van der Waals surface area contributed by atoms with Gasteiger partial charge in [-0.25, -0.2) is 0 Å². The standard InChI is InChI=1S/C23H17ClN2O5S/c1-15-2-9-21(10-3-15)32(29,30)31-22-11-4-18(24)13-16(22)12-17(14-25)23(28)26-19-5-7-20(27)8-6-19/h2-13,27H,1H3,(H,26,28)/b17-12+. The number of hydrogen-bond donors (Lipinski definition) is 2. The number of benzene rings is 3. The van der Waals surface area contributed by atoms with Crippen LogP contribution in [0.4, 0.5) is 5.69 Å². The minimum Gasteiger partial charge on any atom is -0.508 e. The SMILES string of the molecule is Cc1ccc(S(=O)(=O)Oc2ccc(Cl)cc2/C=C(\C#N)C(=O)Nc2ccc(O)cc2)cc1. The molecule has 9 heteroatoms. The molecular formula is C23H17ClN2O5S. The van der Waals surface area contributed by atoms with E-state index in [1.54, 1.807) is 18.2 Å². The van der Waals surface area contributed by atoms with Crippen molar-refractivity contribution in [2.75, 3.05) is 5.32 Å². The smallest absolute Gasteiger partial charge is 0.339 e. The number of halogens is 1. The number of rotatable bonds is 6. The molecule has 1 amide bonds. The van der Waals surface area contributed by atoms with Crippen LogP contribution in [0.1, 0.15) is 11.1 Å². The number of hydrogen-bond acceptors (Lipinski definition) is 6. The summed E-state index contributed by atoms with van der Waals surface area (Å²) in [7, 11) is -4.16. The predicted molar refractivity (Wildman–Crippen MR) is 121 cm³/mol. The minimum atomic E-state index is -4.16. The number of carbonyl (C=O) groups excluding carboxylic acids is 1. The van der Waals surface area contributed by atoms with E-state index in [1.807, 2.05) is 6.92 Å². The second kappa shape index (κ2) is 9.56. The van der Waals surface area contributed by atoms with Crippen LogP contribution in [0.3, 0.4) is 0 Å². The van der Waals surface area contributed by atoms with Gasteiger partial charge in [0.05, 0.1) is 0 Å². The van der Waals surface area contributed by atoms with Gasteiger partial charge in [0.1, 0.15) is 28.0 Å². The van der Waals surface area contributed by atoms with Crippen molar-refractivity contribution in [3.05, 3.63) is 88.5 Å². The predicted octanol–water partition coefficient (Wildman–Crippen LogP) is 4.67. The van der Waals surface area contributed by atoms with Gasteiger partial charge in [0.2, 0.25) is 0 Å². The van der Waals surface area contributed by atoms with Crippen LogP contribution in [0, 0.1) is 18.3 Å². The molecule has 7 nitrogen and oxygen atoms in total. The molecule has 0 aliphatic heterocycles. The number of nitrogens with zero attached hydrogens (tertiary/aromatic N) is 1. The molecule has 2 N–H and O–H groups in total. The van der Waals surface area contributed by atoms with E-state index in [-0.39, 0.29) is 32.6 Å². The number of amides is 1. The lowest BCUT2D eigenvalue weighted by Crippen LogP contribution is -2.14. The lowest BCUT2D eigenvalue weighted by molar-refractivity contribution is -0.112. The van der Waals surface area contributed by atoms with E-state index in [4.69, 9.17) is 15.8 Å². The molecule has 0 aliphatic carbocycles. The summed E-state index contributed by atoms with van der Waals surface area (Å²) in [6.07, 6.45) is 1.18. The van der Waals surface area contributed by atoms with Crippen LogP contribution >= 0.6 is 11.6 Å². The summed E-state index contributed by atoms with van der Waals surface area (Å²) >= 11 is 6.03. The van der Waals surface area contributed by atoms with Crippen LogP contribution in [-0.4, -0.2) is 19.4 Å². The number of carbonyl (C=O) groups is 1. The molecule has 0 spiro atoms. The molecule has 0 unspecified atom stereocenters. The summed E-state index contributed by atoms with van der Waals surface area (Å²) in [5.74, 6) is -0.805. The summed E-state index contributed by atoms with van der Waals surface area (Å²) < 4.78 is 30.6. The molecule has 0 bridgehead atoms. The first-order valence-corrected chi connectivity index (χ1v) is 11.0. The second-order valence-electron chi connectivity index (χ2n) is 6.70. The average Bonchev–Trinajstić information content (AvgIpc) is 2.75. The van der Waals surface area contributed by atoms with E-state index in [9.17, 15) is 23.6 Å². The third-order valence-corrected chi connectivity index (χ3v) is 5.75. The van der Waals surface area contributed by atoms with Gasteiger partial charge in [-0.15, -0.1) is 0 Å². The molecule has 3 rings (SSSR count). The van der Waals surface area contributed by atoms with Gasteiger partial charge in [-0.05, 0) is 67.6 Å². The van der Waals surface area contributed by atoms with E-state index in [0.29, 0.717) is 5.69 Å². The minimum absolute atomic E-state index is 0.0227. The molecule has 0 atom stereocenters. The fourth-order valence-electron chi connectivity index (χ4n) is 2.63. The first kappa shape index (κ1) is 22.9. The number of aromatic hydroxyl groups is 1. The number of aryl methyl sites for hydroxylation is 1. The zero-order valence-corrected chi connectivity index (χ0v) is 18.3. The molecule has 0 saturated heterocycles. The summed E-state index contributed by atoms with van der Waals surface area (Å²) in [4.78, 5) is 12.5. The van der Waals surface area contributed by atoms with Gasteiger partial charge in [0.25, 0.3) is 5.91 Å². The van der Waals surface area contributed by atoms with Gasteiger partial charge < -0.3 is 14.6 Å². The van der Waals surface area contributed by atoms with Crippen LogP contribution in [0.2, 0.25) is 5.02 Å². The summed E-state index contributed by atoms with van der Waals surface area (Å²) in [6.45, 7) is 1.83. The van der Waals surface area contributed by atoms with Crippen molar-refractivity contribution >= 4 is 39.4 Å². The zero-order chi connectivity index (χ0) is 23.3. The summed E-state index contributed by atoms with van der Waals surface area (Å²) in [5.41, 5.74) is 1.07. The Kier molecular flexibility index (Phi) is 6.83. The Labute approximate surface area is 190 Å². The van der Waals surface area contributed by atoms with Gasteiger partial charge in [-0.2, -0.15) is 13.7 Å². The van der Waals surface area contributed by atoms with Gasteiger partial charge in [0, 0.05) is 16.3 Å². The van der Waals surface area contributed by atoms with Crippen molar-refractivity contribution in [1.29, 1.82) is 5.26 Å². The van der Waals surface area contributed by atoms with Crippen molar-refractivity contribution in [3.8, 4) is 17.6 Å². The molecule has 32 heavy (non-hydrogen) atoms. The van der Waals surface area contributed by atoms with E-state index in [1.165, 1.54) is 60.7 Å². The Morgan fingerprint density at radius 1 is 1.09 bits per heavy atom. The average molecular weight is 469 g/mol. The second-order valence-corrected chi connectivity index (χ2v) is 8.69. The number of phenolic OH excluding ortho intramolecular Hbond substituents is 1. The van der Waals surface area contributed by atoms with Crippen LogP contribution in [-0.2, 0) is 14.9 Å². The van der Waals surface area contributed by atoms with Gasteiger partial charge in [-0.3, -0.25) is 4.79 Å². The Hall–Kier alpha value is -3.80. The number of phenols is 1. The monoisotopic (exact) mass is 468 g/mol. The Bertz CT molecular complexity index is 1330. The first-order chi connectivity index (χ1) is 15.2. The zero-order valence-electron chi connectivity index (χ0n) is 16.7. The summed E-state index contributed by atoms with van der Waals surface area (Å²) in [5, 5.41) is 21.6. The van der Waals surface area contributed by atoms with Crippen molar-refractivity contribution in [1.82, 2.24) is 0 Å². The molecule has 3 aromatic carbocycles. The van der Waals surface area contributed by atoms with Crippen molar-refractivity contribution in [2.24, 2.45) is 0 Å². The number of nitrogens with one attached hydrogen (secondary N) is 1. The van der Waals surface area contributed by atoms with Crippen LogP contribution in [0.15, 0.2) is 77.2 Å². The van der Waals surface area contributed by atoms with E-state index in [2.05, 4.69) is 5.32 Å². The highest BCUT2D eigenvalue weighted by Crippen LogP contribution is 2.28. The molecule has 0 radical (unpaired) electrons. The van der Waals surface area contributed by atoms with Gasteiger partial charge >= 0.3 is 10.1 Å². The van der Waals surface area contributed by atoms with Crippen molar-refractivity contribution in [3.63, 3.8) is 0 Å². The molecule has 0 saturated carbocycles. The fourth-order valence-corrected chi connectivity index (χ4v) is 3.76. The molecule has 3 aromatic rings. The van der Waals surface area contributed by atoms with Crippen molar-refractivity contribution < 1.29 is 22.5 Å². The lowest BCUT2D eigenvalue weighted by Gasteiger charge is -2.11.